The molecule has 2 aromatic rings. The molecule has 0 radical (unpaired) electrons. The van der Waals surface area contributed by atoms with Crippen LogP contribution in [0.4, 0.5) is 5.69 Å². The minimum atomic E-state index is -0.418. The number of nitrogens with one attached hydrogen (secondary N) is 1. The molecule has 1 aliphatic rings. The summed E-state index contributed by atoms with van der Waals surface area (Å²) in [6.45, 7) is 0.479. The van der Waals surface area contributed by atoms with Gasteiger partial charge in [-0.2, -0.15) is 0 Å². The minimum Gasteiger partial charge on any atom is -0.350 e. The number of hydrogen-bond donors (Lipinski definition) is 1. The Labute approximate surface area is 129 Å². The van der Waals surface area contributed by atoms with Gasteiger partial charge in [0.2, 0.25) is 11.8 Å². The number of rotatable bonds is 4. The van der Waals surface area contributed by atoms with Gasteiger partial charge in [0, 0.05) is 18.7 Å². The molecule has 4 nitrogen and oxygen atoms in total. The molecule has 0 saturated carbocycles. The largest absolute Gasteiger partial charge is 0.350 e. The van der Waals surface area contributed by atoms with Crippen LogP contribution in [0.3, 0.4) is 0 Å². The third-order valence-corrected chi connectivity index (χ3v) is 3.86. The lowest BCUT2D eigenvalue weighted by Crippen LogP contribution is -2.44. The van der Waals surface area contributed by atoms with Crippen LogP contribution in [0.15, 0.2) is 60.7 Å². The molecule has 1 atom stereocenters. The van der Waals surface area contributed by atoms with Gasteiger partial charge >= 0.3 is 0 Å². The van der Waals surface area contributed by atoms with E-state index in [2.05, 4.69) is 5.32 Å². The molecule has 1 saturated heterocycles. The molecule has 2 amide bonds. The molecular weight excluding hydrogens is 276 g/mol. The SMILES string of the molecule is O=C(NCc1ccccc1)C1CCC(=O)N1c1ccccc1. The first-order valence-corrected chi connectivity index (χ1v) is 7.44. The van der Waals surface area contributed by atoms with Crippen molar-refractivity contribution in [3.63, 3.8) is 0 Å². The van der Waals surface area contributed by atoms with E-state index < -0.39 is 6.04 Å². The summed E-state index contributed by atoms with van der Waals surface area (Å²) in [5, 5.41) is 2.93. The van der Waals surface area contributed by atoms with Crippen molar-refractivity contribution in [2.75, 3.05) is 4.90 Å². The number of para-hydroxylation sites is 1. The van der Waals surface area contributed by atoms with Crippen LogP contribution in [-0.4, -0.2) is 17.9 Å². The van der Waals surface area contributed by atoms with E-state index in [1.165, 1.54) is 0 Å². The Kier molecular flexibility index (Phi) is 4.19. The number of amides is 2. The summed E-state index contributed by atoms with van der Waals surface area (Å²) in [6, 6.07) is 18.7. The highest BCUT2D eigenvalue weighted by molar-refractivity contribution is 6.03. The highest BCUT2D eigenvalue weighted by Gasteiger charge is 2.36. The van der Waals surface area contributed by atoms with E-state index in [0.717, 1.165) is 11.3 Å². The van der Waals surface area contributed by atoms with Crippen molar-refractivity contribution in [1.82, 2.24) is 5.32 Å². The van der Waals surface area contributed by atoms with Gasteiger partial charge in [-0.05, 0) is 24.1 Å². The Morgan fingerprint density at radius 1 is 1.05 bits per heavy atom. The summed E-state index contributed by atoms with van der Waals surface area (Å²) in [5.74, 6) is -0.0929. The maximum atomic E-state index is 12.4. The van der Waals surface area contributed by atoms with Crippen molar-refractivity contribution in [3.05, 3.63) is 66.2 Å². The summed E-state index contributed by atoms with van der Waals surface area (Å²) < 4.78 is 0. The first kappa shape index (κ1) is 14.3. The first-order valence-electron chi connectivity index (χ1n) is 7.44. The number of hydrogen-bond acceptors (Lipinski definition) is 2. The predicted octanol–water partition coefficient (Wildman–Crippen LogP) is 2.50. The maximum absolute atomic E-state index is 12.4. The van der Waals surface area contributed by atoms with Crippen molar-refractivity contribution in [2.45, 2.75) is 25.4 Å². The van der Waals surface area contributed by atoms with Gasteiger partial charge in [0.05, 0.1) is 0 Å². The fourth-order valence-electron chi connectivity index (χ4n) is 2.75. The third kappa shape index (κ3) is 3.01. The zero-order valence-corrected chi connectivity index (χ0v) is 12.2. The maximum Gasteiger partial charge on any atom is 0.243 e. The van der Waals surface area contributed by atoms with E-state index >= 15 is 0 Å². The molecule has 0 aromatic heterocycles. The van der Waals surface area contributed by atoms with Crippen molar-refractivity contribution in [1.29, 1.82) is 0 Å². The average Bonchev–Trinajstić information content (AvgIpc) is 2.96. The second kappa shape index (κ2) is 6.43. The molecule has 0 bridgehead atoms. The van der Waals surface area contributed by atoms with Gasteiger partial charge in [0.25, 0.3) is 0 Å². The van der Waals surface area contributed by atoms with Crippen molar-refractivity contribution < 1.29 is 9.59 Å². The van der Waals surface area contributed by atoms with Crippen LogP contribution in [0.25, 0.3) is 0 Å². The third-order valence-electron chi connectivity index (χ3n) is 3.86. The molecule has 1 heterocycles. The standard InChI is InChI=1S/C18H18N2O2/c21-17-12-11-16(20(17)15-9-5-2-6-10-15)18(22)19-13-14-7-3-1-4-8-14/h1-10,16H,11-13H2,(H,19,22). The van der Waals surface area contributed by atoms with Crippen LogP contribution in [0.5, 0.6) is 0 Å². The highest BCUT2D eigenvalue weighted by Crippen LogP contribution is 2.26. The number of carbonyl (C=O) groups excluding carboxylic acids is 2. The topological polar surface area (TPSA) is 49.4 Å². The van der Waals surface area contributed by atoms with Crippen LogP contribution in [0.1, 0.15) is 18.4 Å². The molecule has 0 aliphatic carbocycles. The molecule has 1 fully saturated rings. The second-order valence-corrected chi connectivity index (χ2v) is 5.36. The first-order chi connectivity index (χ1) is 10.8. The lowest BCUT2D eigenvalue weighted by atomic mass is 10.1. The Morgan fingerprint density at radius 2 is 1.68 bits per heavy atom. The van der Waals surface area contributed by atoms with Crippen molar-refractivity contribution >= 4 is 17.5 Å². The lowest BCUT2D eigenvalue weighted by molar-refractivity contribution is -0.124. The molecular formula is C18H18N2O2. The van der Waals surface area contributed by atoms with Gasteiger partial charge in [-0.15, -0.1) is 0 Å². The number of nitrogens with zero attached hydrogens (tertiary/aromatic N) is 1. The van der Waals surface area contributed by atoms with E-state index in [0.29, 0.717) is 19.4 Å². The quantitative estimate of drug-likeness (QED) is 0.942. The average molecular weight is 294 g/mol. The van der Waals surface area contributed by atoms with Gasteiger partial charge in [-0.1, -0.05) is 48.5 Å². The number of benzene rings is 2. The Morgan fingerprint density at radius 3 is 2.36 bits per heavy atom. The summed E-state index contributed by atoms with van der Waals surface area (Å²) in [5.41, 5.74) is 1.83. The molecule has 1 N–H and O–H groups in total. The fraction of sp³-hybridized carbons (Fsp3) is 0.222. The van der Waals surface area contributed by atoms with Gasteiger partial charge in [-0.25, -0.2) is 0 Å². The molecule has 4 heteroatoms. The van der Waals surface area contributed by atoms with Crippen LogP contribution in [0, 0.1) is 0 Å². The van der Waals surface area contributed by atoms with Gasteiger partial charge in [-0.3, -0.25) is 14.5 Å². The van der Waals surface area contributed by atoms with E-state index in [1.807, 2.05) is 60.7 Å². The summed E-state index contributed by atoms with van der Waals surface area (Å²) in [6.07, 6.45) is 0.979. The smallest absolute Gasteiger partial charge is 0.243 e. The molecule has 0 spiro atoms. The van der Waals surface area contributed by atoms with E-state index in [-0.39, 0.29) is 11.8 Å². The van der Waals surface area contributed by atoms with Gasteiger partial charge in [0.15, 0.2) is 0 Å². The monoisotopic (exact) mass is 294 g/mol. The van der Waals surface area contributed by atoms with E-state index in [9.17, 15) is 9.59 Å². The normalized spacial score (nSPS) is 17.5. The fourth-order valence-corrected chi connectivity index (χ4v) is 2.75. The van der Waals surface area contributed by atoms with Crippen LogP contribution in [-0.2, 0) is 16.1 Å². The van der Waals surface area contributed by atoms with Crippen molar-refractivity contribution in [2.24, 2.45) is 0 Å². The number of carbonyl (C=O) groups is 2. The second-order valence-electron chi connectivity index (χ2n) is 5.36. The zero-order chi connectivity index (χ0) is 15.4. The van der Waals surface area contributed by atoms with Gasteiger partial charge in [0.1, 0.15) is 6.04 Å². The molecule has 22 heavy (non-hydrogen) atoms. The minimum absolute atomic E-state index is 0.00561. The Bertz CT molecular complexity index is 655. The highest BCUT2D eigenvalue weighted by atomic mass is 16.2. The Balaban J connectivity index is 1.70. The van der Waals surface area contributed by atoms with Gasteiger partial charge < -0.3 is 5.32 Å². The molecule has 2 aromatic carbocycles. The summed E-state index contributed by atoms with van der Waals surface area (Å²) in [4.78, 5) is 26.2. The van der Waals surface area contributed by atoms with Crippen LogP contribution >= 0.6 is 0 Å². The molecule has 112 valence electrons. The van der Waals surface area contributed by atoms with Crippen molar-refractivity contribution in [3.8, 4) is 0 Å². The number of anilines is 1. The molecule has 1 aliphatic heterocycles. The van der Waals surface area contributed by atoms with Crippen LogP contribution in [0.2, 0.25) is 0 Å². The summed E-state index contributed by atoms with van der Waals surface area (Å²) in [7, 11) is 0. The van der Waals surface area contributed by atoms with E-state index in [4.69, 9.17) is 0 Å². The predicted molar refractivity (Wildman–Crippen MR) is 85.2 cm³/mol. The van der Waals surface area contributed by atoms with Crippen LogP contribution < -0.4 is 10.2 Å². The molecule has 1 unspecified atom stereocenters. The summed E-state index contributed by atoms with van der Waals surface area (Å²) >= 11 is 0. The zero-order valence-electron chi connectivity index (χ0n) is 12.2. The lowest BCUT2D eigenvalue weighted by Gasteiger charge is -2.24. The Hall–Kier alpha value is -2.62. The van der Waals surface area contributed by atoms with E-state index in [1.54, 1.807) is 4.90 Å². The molecule has 3 rings (SSSR count).